The van der Waals surface area contributed by atoms with Gasteiger partial charge in [-0.25, -0.2) is 0 Å². The molecule has 0 atom stereocenters. The molecule has 0 aliphatic rings. The zero-order valence-electron chi connectivity index (χ0n) is 11.2. The standard InChI is InChI=1S/C15H10N4O3/c20-14-7-6-13(15-12(14)5-2-8-16-15)18-17-10-3-1-4-11(9-10)19(21)22/h1-9,20H. The highest BCUT2D eigenvalue weighted by Gasteiger charge is 2.07. The van der Waals surface area contributed by atoms with Gasteiger partial charge in [-0.2, -0.15) is 5.11 Å². The molecule has 3 aromatic rings. The second-order valence-electron chi connectivity index (χ2n) is 4.48. The summed E-state index contributed by atoms with van der Waals surface area (Å²) < 4.78 is 0. The van der Waals surface area contributed by atoms with Gasteiger partial charge in [-0.1, -0.05) is 6.07 Å². The summed E-state index contributed by atoms with van der Waals surface area (Å²) in [6.07, 6.45) is 1.59. The SMILES string of the molecule is O=[N+]([O-])c1cccc(N=Nc2ccc(O)c3cccnc23)c1. The number of hydrogen-bond donors (Lipinski definition) is 1. The monoisotopic (exact) mass is 294 g/mol. The van der Waals surface area contributed by atoms with Crippen LogP contribution in [0.15, 0.2) is 65.0 Å². The third-order valence-electron chi connectivity index (χ3n) is 3.04. The van der Waals surface area contributed by atoms with Crippen molar-refractivity contribution in [3.8, 4) is 5.75 Å². The number of phenolic OH excluding ortho intramolecular Hbond substituents is 1. The predicted molar refractivity (Wildman–Crippen MR) is 80.7 cm³/mol. The van der Waals surface area contributed by atoms with Crippen molar-refractivity contribution < 1.29 is 10.0 Å². The van der Waals surface area contributed by atoms with Gasteiger partial charge in [-0.15, -0.1) is 5.11 Å². The average molecular weight is 294 g/mol. The molecule has 0 radical (unpaired) electrons. The molecule has 0 aliphatic heterocycles. The van der Waals surface area contributed by atoms with Gasteiger partial charge in [0.1, 0.15) is 17.0 Å². The number of azo groups is 1. The van der Waals surface area contributed by atoms with E-state index in [1.807, 2.05) is 0 Å². The minimum atomic E-state index is -0.490. The van der Waals surface area contributed by atoms with E-state index < -0.39 is 4.92 Å². The molecular weight excluding hydrogens is 284 g/mol. The van der Waals surface area contributed by atoms with E-state index in [4.69, 9.17) is 0 Å². The van der Waals surface area contributed by atoms with Crippen LogP contribution in [0.25, 0.3) is 10.9 Å². The van der Waals surface area contributed by atoms with Crippen LogP contribution in [0.1, 0.15) is 0 Å². The first-order chi connectivity index (χ1) is 10.6. The number of nitro groups is 1. The number of nitrogens with zero attached hydrogens (tertiary/aromatic N) is 4. The number of fused-ring (bicyclic) bond motifs is 1. The number of phenols is 1. The summed E-state index contributed by atoms with van der Waals surface area (Å²) in [7, 11) is 0. The van der Waals surface area contributed by atoms with Gasteiger partial charge in [0.05, 0.1) is 10.6 Å². The number of hydrogen-bond acceptors (Lipinski definition) is 6. The molecule has 2 aromatic carbocycles. The first-order valence-corrected chi connectivity index (χ1v) is 6.38. The maximum atomic E-state index is 10.7. The Bertz CT molecular complexity index is 893. The van der Waals surface area contributed by atoms with Crippen molar-refractivity contribution in [2.75, 3.05) is 0 Å². The largest absolute Gasteiger partial charge is 0.507 e. The van der Waals surface area contributed by atoms with Crippen LogP contribution in [0.2, 0.25) is 0 Å². The van der Waals surface area contributed by atoms with Crippen molar-refractivity contribution >= 4 is 28.0 Å². The first kappa shape index (κ1) is 13.6. The van der Waals surface area contributed by atoms with Gasteiger partial charge in [-0.3, -0.25) is 15.1 Å². The highest BCUT2D eigenvalue weighted by molar-refractivity contribution is 5.93. The van der Waals surface area contributed by atoms with Crippen LogP contribution in [0.3, 0.4) is 0 Å². The molecule has 0 fully saturated rings. The normalized spacial score (nSPS) is 11.1. The minimum absolute atomic E-state index is 0.0508. The van der Waals surface area contributed by atoms with E-state index in [1.165, 1.54) is 18.2 Å². The van der Waals surface area contributed by atoms with E-state index in [-0.39, 0.29) is 11.4 Å². The second kappa shape index (κ2) is 5.57. The summed E-state index contributed by atoms with van der Waals surface area (Å²) in [4.78, 5) is 14.4. The molecule has 0 bridgehead atoms. The molecule has 108 valence electrons. The topological polar surface area (TPSA) is 101 Å². The number of non-ortho nitro benzene ring substituents is 1. The van der Waals surface area contributed by atoms with E-state index in [0.717, 1.165) is 0 Å². The molecule has 1 N–H and O–H groups in total. The van der Waals surface area contributed by atoms with Crippen molar-refractivity contribution in [2.45, 2.75) is 0 Å². The Morgan fingerprint density at radius 2 is 1.95 bits per heavy atom. The fourth-order valence-electron chi connectivity index (χ4n) is 2.00. The molecule has 0 spiro atoms. The summed E-state index contributed by atoms with van der Waals surface area (Å²) in [5, 5.41) is 29.2. The number of pyridine rings is 1. The Kier molecular flexibility index (Phi) is 3.45. The van der Waals surface area contributed by atoms with E-state index >= 15 is 0 Å². The number of benzene rings is 2. The number of aromatic hydroxyl groups is 1. The Labute approximate surface area is 124 Å². The third kappa shape index (κ3) is 2.59. The van der Waals surface area contributed by atoms with Gasteiger partial charge in [0.2, 0.25) is 0 Å². The molecule has 0 unspecified atom stereocenters. The molecule has 1 heterocycles. The Balaban J connectivity index is 2.01. The van der Waals surface area contributed by atoms with E-state index in [2.05, 4.69) is 15.2 Å². The highest BCUT2D eigenvalue weighted by Crippen LogP contribution is 2.32. The van der Waals surface area contributed by atoms with Crippen LogP contribution in [-0.2, 0) is 0 Å². The molecule has 22 heavy (non-hydrogen) atoms. The average Bonchev–Trinajstić information content (AvgIpc) is 2.55. The summed E-state index contributed by atoms with van der Waals surface area (Å²) in [5.41, 5.74) is 1.30. The van der Waals surface area contributed by atoms with Crippen molar-refractivity contribution in [1.29, 1.82) is 0 Å². The van der Waals surface area contributed by atoms with Gasteiger partial charge in [-0.05, 0) is 30.3 Å². The van der Waals surface area contributed by atoms with E-state index in [1.54, 1.807) is 36.5 Å². The zero-order chi connectivity index (χ0) is 15.5. The Morgan fingerprint density at radius 3 is 2.77 bits per heavy atom. The van der Waals surface area contributed by atoms with Crippen LogP contribution in [0.4, 0.5) is 17.1 Å². The maximum Gasteiger partial charge on any atom is 0.271 e. The molecule has 7 nitrogen and oxygen atoms in total. The fourth-order valence-corrected chi connectivity index (χ4v) is 2.00. The van der Waals surface area contributed by atoms with Crippen LogP contribution in [0.5, 0.6) is 5.75 Å². The summed E-state index contributed by atoms with van der Waals surface area (Å²) >= 11 is 0. The van der Waals surface area contributed by atoms with Crippen LogP contribution < -0.4 is 0 Å². The lowest BCUT2D eigenvalue weighted by molar-refractivity contribution is -0.384. The Hall–Kier alpha value is -3.35. The van der Waals surface area contributed by atoms with Crippen LogP contribution >= 0.6 is 0 Å². The van der Waals surface area contributed by atoms with Gasteiger partial charge in [0.15, 0.2) is 0 Å². The lowest BCUT2D eigenvalue weighted by Crippen LogP contribution is -1.85. The van der Waals surface area contributed by atoms with Crippen LogP contribution in [-0.4, -0.2) is 15.0 Å². The van der Waals surface area contributed by atoms with Crippen molar-refractivity contribution in [3.05, 3.63) is 64.8 Å². The smallest absolute Gasteiger partial charge is 0.271 e. The fraction of sp³-hybridized carbons (Fsp3) is 0. The molecule has 0 aliphatic carbocycles. The number of rotatable bonds is 3. The molecular formula is C15H10N4O3. The molecule has 0 amide bonds. The molecule has 7 heteroatoms. The maximum absolute atomic E-state index is 10.7. The second-order valence-corrected chi connectivity index (χ2v) is 4.48. The third-order valence-corrected chi connectivity index (χ3v) is 3.04. The van der Waals surface area contributed by atoms with E-state index in [9.17, 15) is 15.2 Å². The van der Waals surface area contributed by atoms with Gasteiger partial charge >= 0.3 is 0 Å². The number of nitro benzene ring substituents is 1. The van der Waals surface area contributed by atoms with Crippen molar-refractivity contribution in [2.24, 2.45) is 10.2 Å². The lowest BCUT2D eigenvalue weighted by atomic mass is 10.2. The predicted octanol–water partition coefficient (Wildman–Crippen LogP) is 4.26. The summed E-state index contributed by atoms with van der Waals surface area (Å²) in [5.74, 6) is 0.109. The highest BCUT2D eigenvalue weighted by atomic mass is 16.6. The summed E-state index contributed by atoms with van der Waals surface area (Å²) in [6.45, 7) is 0. The minimum Gasteiger partial charge on any atom is -0.507 e. The Morgan fingerprint density at radius 1 is 1.09 bits per heavy atom. The molecule has 3 rings (SSSR count). The molecule has 1 aromatic heterocycles. The molecule has 0 saturated heterocycles. The summed E-state index contributed by atoms with van der Waals surface area (Å²) in [6, 6.07) is 12.4. The quantitative estimate of drug-likeness (QED) is 0.443. The van der Waals surface area contributed by atoms with Gasteiger partial charge in [0, 0.05) is 23.7 Å². The lowest BCUT2D eigenvalue weighted by Gasteiger charge is -2.02. The van der Waals surface area contributed by atoms with Crippen molar-refractivity contribution in [1.82, 2.24) is 4.98 Å². The first-order valence-electron chi connectivity index (χ1n) is 6.38. The van der Waals surface area contributed by atoms with Gasteiger partial charge < -0.3 is 5.11 Å². The van der Waals surface area contributed by atoms with Crippen molar-refractivity contribution in [3.63, 3.8) is 0 Å². The number of aromatic nitrogens is 1. The molecule has 0 saturated carbocycles. The van der Waals surface area contributed by atoms with E-state index in [0.29, 0.717) is 22.3 Å². The zero-order valence-corrected chi connectivity index (χ0v) is 11.2. The van der Waals surface area contributed by atoms with Crippen LogP contribution in [0, 0.1) is 10.1 Å². The van der Waals surface area contributed by atoms with Gasteiger partial charge in [0.25, 0.3) is 5.69 Å².